The number of hydrogen-bond acceptors (Lipinski definition) is 5. The Morgan fingerprint density at radius 3 is 2.44 bits per heavy atom. The van der Waals surface area contributed by atoms with Crippen molar-refractivity contribution in [2.75, 3.05) is 13.2 Å². The number of nitrogens with zero attached hydrogens (tertiary/aromatic N) is 1. The van der Waals surface area contributed by atoms with E-state index < -0.39 is 5.91 Å². The molecular weight excluding hydrogens is 498 g/mol. The average Bonchev–Trinajstić information content (AvgIpc) is 2.86. The van der Waals surface area contributed by atoms with E-state index in [2.05, 4.69) is 31.8 Å². The van der Waals surface area contributed by atoms with Gasteiger partial charge in [-0.15, -0.1) is 0 Å². The van der Waals surface area contributed by atoms with Crippen molar-refractivity contribution in [1.82, 2.24) is 10.7 Å². The smallest absolute Gasteiger partial charge is 0.259 e. The Bertz CT molecular complexity index is 1120. The highest BCUT2D eigenvalue weighted by Crippen LogP contribution is 2.18. The van der Waals surface area contributed by atoms with Crippen molar-refractivity contribution in [3.05, 3.63) is 94.0 Å². The lowest BCUT2D eigenvalue weighted by Gasteiger charge is -2.09. The van der Waals surface area contributed by atoms with Gasteiger partial charge in [-0.1, -0.05) is 47.1 Å². The van der Waals surface area contributed by atoms with Crippen molar-refractivity contribution in [2.45, 2.75) is 20.0 Å². The van der Waals surface area contributed by atoms with Gasteiger partial charge in [-0.25, -0.2) is 5.43 Å². The van der Waals surface area contributed by atoms with E-state index in [1.54, 1.807) is 24.3 Å². The van der Waals surface area contributed by atoms with E-state index in [4.69, 9.17) is 9.47 Å². The number of hydrazone groups is 1. The van der Waals surface area contributed by atoms with Crippen LogP contribution in [-0.2, 0) is 11.4 Å². The molecule has 3 rings (SSSR count). The fourth-order valence-electron chi connectivity index (χ4n) is 2.86. The summed E-state index contributed by atoms with van der Waals surface area (Å²) >= 11 is 3.41. The number of nitrogens with one attached hydrogen (secondary N) is 2. The molecule has 3 aromatic carbocycles. The SMILES string of the molecule is CCCOc1ccc(C(=O)NCC(=O)N/N=C/c2ccccc2OCc2ccc(Br)cc2)cc1. The summed E-state index contributed by atoms with van der Waals surface area (Å²) < 4.78 is 12.4. The lowest BCUT2D eigenvalue weighted by atomic mass is 10.2. The van der Waals surface area contributed by atoms with Crippen LogP contribution in [-0.4, -0.2) is 31.2 Å². The minimum Gasteiger partial charge on any atom is -0.494 e. The molecule has 0 saturated carbocycles. The zero-order chi connectivity index (χ0) is 24.2. The molecule has 0 bridgehead atoms. The first-order valence-corrected chi connectivity index (χ1v) is 11.6. The molecule has 0 spiro atoms. The molecule has 0 atom stereocenters. The van der Waals surface area contributed by atoms with E-state index >= 15 is 0 Å². The number of ether oxygens (including phenoxy) is 2. The van der Waals surface area contributed by atoms with E-state index in [1.807, 2.05) is 55.5 Å². The van der Waals surface area contributed by atoms with Gasteiger partial charge < -0.3 is 14.8 Å². The maximum atomic E-state index is 12.2. The summed E-state index contributed by atoms with van der Waals surface area (Å²) in [4.78, 5) is 24.3. The Hall–Kier alpha value is -3.65. The average molecular weight is 524 g/mol. The van der Waals surface area contributed by atoms with Crippen LogP contribution in [0.4, 0.5) is 0 Å². The standard InChI is InChI=1S/C26H26BrN3O4/c1-2-15-33-23-13-9-20(10-14-23)26(32)28-17-25(31)30-29-16-21-5-3-4-6-24(21)34-18-19-7-11-22(27)12-8-19/h3-14,16H,2,15,17-18H2,1H3,(H,28,32)(H,30,31)/b29-16+. The summed E-state index contributed by atoms with van der Waals surface area (Å²) in [7, 11) is 0. The molecule has 0 aromatic heterocycles. The fourth-order valence-corrected chi connectivity index (χ4v) is 3.12. The minimum absolute atomic E-state index is 0.202. The van der Waals surface area contributed by atoms with Crippen LogP contribution in [0, 0.1) is 0 Å². The van der Waals surface area contributed by atoms with Gasteiger partial charge in [0, 0.05) is 15.6 Å². The number of hydrogen-bond donors (Lipinski definition) is 2. The van der Waals surface area contributed by atoms with Gasteiger partial charge in [0.1, 0.15) is 18.1 Å². The molecule has 0 aliphatic rings. The highest BCUT2D eigenvalue weighted by Gasteiger charge is 2.08. The number of amides is 2. The molecule has 0 aliphatic heterocycles. The number of para-hydroxylation sites is 1. The number of carbonyl (C=O) groups is 2. The van der Waals surface area contributed by atoms with E-state index in [-0.39, 0.29) is 12.5 Å². The van der Waals surface area contributed by atoms with Crippen molar-refractivity contribution in [3.8, 4) is 11.5 Å². The molecule has 0 fully saturated rings. The molecule has 8 heteroatoms. The van der Waals surface area contributed by atoms with Crippen molar-refractivity contribution >= 4 is 34.0 Å². The van der Waals surface area contributed by atoms with Crippen molar-refractivity contribution in [2.24, 2.45) is 5.10 Å². The van der Waals surface area contributed by atoms with Crippen LogP contribution in [0.5, 0.6) is 11.5 Å². The molecular formula is C26H26BrN3O4. The molecule has 2 N–H and O–H groups in total. The topological polar surface area (TPSA) is 89.0 Å². The molecule has 7 nitrogen and oxygen atoms in total. The molecule has 0 aliphatic carbocycles. The van der Waals surface area contributed by atoms with Crippen molar-refractivity contribution < 1.29 is 19.1 Å². The third-order valence-corrected chi connectivity index (χ3v) is 5.15. The molecule has 34 heavy (non-hydrogen) atoms. The van der Waals surface area contributed by atoms with Crippen LogP contribution in [0.2, 0.25) is 0 Å². The summed E-state index contributed by atoms with van der Waals surface area (Å²) in [6, 6.07) is 22.0. The second-order valence-electron chi connectivity index (χ2n) is 7.30. The second kappa shape index (κ2) is 13.2. The summed E-state index contributed by atoms with van der Waals surface area (Å²) in [5, 5.41) is 6.55. The Morgan fingerprint density at radius 1 is 0.971 bits per heavy atom. The van der Waals surface area contributed by atoms with Crippen molar-refractivity contribution in [1.29, 1.82) is 0 Å². The maximum Gasteiger partial charge on any atom is 0.259 e. The molecule has 2 amide bonds. The highest BCUT2D eigenvalue weighted by atomic mass is 79.9. The van der Waals surface area contributed by atoms with E-state index in [9.17, 15) is 9.59 Å². The highest BCUT2D eigenvalue weighted by molar-refractivity contribution is 9.10. The van der Waals surface area contributed by atoms with E-state index in [0.29, 0.717) is 35.8 Å². The van der Waals surface area contributed by atoms with Gasteiger partial charge in [-0.05, 0) is 60.5 Å². The molecule has 176 valence electrons. The maximum absolute atomic E-state index is 12.2. The van der Waals surface area contributed by atoms with Crippen LogP contribution in [0.1, 0.15) is 34.8 Å². The molecule has 3 aromatic rings. The first-order chi connectivity index (χ1) is 16.5. The minimum atomic E-state index is -0.444. The number of halogens is 1. The summed E-state index contributed by atoms with van der Waals surface area (Å²) in [5.74, 6) is 0.545. The monoisotopic (exact) mass is 523 g/mol. The summed E-state index contributed by atoms with van der Waals surface area (Å²) in [6.45, 7) is 2.84. The lowest BCUT2D eigenvalue weighted by Crippen LogP contribution is -2.34. The van der Waals surface area contributed by atoms with Crippen LogP contribution in [0.15, 0.2) is 82.4 Å². The molecule has 0 unspecified atom stereocenters. The first-order valence-electron chi connectivity index (χ1n) is 10.8. The Kier molecular flexibility index (Phi) is 9.66. The van der Waals surface area contributed by atoms with Gasteiger partial charge >= 0.3 is 0 Å². The number of rotatable bonds is 11. The van der Waals surface area contributed by atoms with Gasteiger partial charge in [-0.2, -0.15) is 5.10 Å². The number of carbonyl (C=O) groups excluding carboxylic acids is 2. The fraction of sp³-hybridized carbons (Fsp3) is 0.192. The van der Waals surface area contributed by atoms with E-state index in [0.717, 1.165) is 16.5 Å². The molecule has 0 heterocycles. The third-order valence-electron chi connectivity index (χ3n) is 4.62. The summed E-state index contributed by atoms with van der Waals surface area (Å²) in [5.41, 5.74) is 4.60. The predicted octanol–water partition coefficient (Wildman–Crippen LogP) is 4.70. The van der Waals surface area contributed by atoms with Crippen LogP contribution < -0.4 is 20.2 Å². The number of benzene rings is 3. The third kappa shape index (κ3) is 8.04. The van der Waals surface area contributed by atoms with Gasteiger partial charge in [0.15, 0.2) is 0 Å². The normalized spacial score (nSPS) is 10.6. The molecule has 0 radical (unpaired) electrons. The van der Waals surface area contributed by atoms with Crippen LogP contribution in [0.25, 0.3) is 0 Å². The largest absolute Gasteiger partial charge is 0.494 e. The zero-order valence-electron chi connectivity index (χ0n) is 18.8. The lowest BCUT2D eigenvalue weighted by molar-refractivity contribution is -0.120. The van der Waals surface area contributed by atoms with Gasteiger partial charge in [0.05, 0.1) is 19.4 Å². The van der Waals surface area contributed by atoms with Crippen LogP contribution >= 0.6 is 15.9 Å². The second-order valence-corrected chi connectivity index (χ2v) is 8.22. The predicted molar refractivity (Wildman–Crippen MR) is 135 cm³/mol. The van der Waals surface area contributed by atoms with Gasteiger partial charge in [-0.3, -0.25) is 9.59 Å². The first kappa shape index (κ1) is 25.0. The van der Waals surface area contributed by atoms with Gasteiger partial charge in [0.2, 0.25) is 0 Å². The Morgan fingerprint density at radius 2 is 1.71 bits per heavy atom. The zero-order valence-corrected chi connectivity index (χ0v) is 20.4. The quantitative estimate of drug-likeness (QED) is 0.281. The Balaban J connectivity index is 1.46. The van der Waals surface area contributed by atoms with Gasteiger partial charge in [0.25, 0.3) is 11.8 Å². The Labute approximate surface area is 207 Å². The molecule has 0 saturated heterocycles. The van der Waals surface area contributed by atoms with E-state index in [1.165, 1.54) is 6.21 Å². The summed E-state index contributed by atoms with van der Waals surface area (Å²) in [6.07, 6.45) is 2.41. The van der Waals surface area contributed by atoms with Crippen LogP contribution in [0.3, 0.4) is 0 Å². The van der Waals surface area contributed by atoms with Crippen molar-refractivity contribution in [3.63, 3.8) is 0 Å².